The minimum Gasteiger partial charge on any atom is -0.477 e. The molecular weight excluding hydrogens is 254 g/mol. The molecule has 0 amide bonds. The molecule has 1 aromatic carbocycles. The first-order chi connectivity index (χ1) is 8.54. The summed E-state index contributed by atoms with van der Waals surface area (Å²) in [6.45, 7) is 3.68. The van der Waals surface area contributed by atoms with Crippen LogP contribution in [0.1, 0.15) is 28.6 Å². The molecule has 5 heteroatoms. The van der Waals surface area contributed by atoms with Crippen LogP contribution in [-0.2, 0) is 6.42 Å². The number of aromatic carboxylic acids is 1. The van der Waals surface area contributed by atoms with Gasteiger partial charge in [-0.3, -0.25) is 0 Å². The van der Waals surface area contributed by atoms with E-state index in [2.05, 4.69) is 5.16 Å². The Hall–Kier alpha value is -1.81. The fourth-order valence-electron chi connectivity index (χ4n) is 1.86. The van der Waals surface area contributed by atoms with Crippen LogP contribution in [-0.4, -0.2) is 16.2 Å². The highest BCUT2D eigenvalue weighted by Crippen LogP contribution is 2.30. The van der Waals surface area contributed by atoms with Crippen LogP contribution in [0, 0.1) is 6.92 Å². The van der Waals surface area contributed by atoms with Crippen molar-refractivity contribution in [1.29, 1.82) is 0 Å². The van der Waals surface area contributed by atoms with Gasteiger partial charge in [-0.25, -0.2) is 4.79 Å². The molecule has 0 radical (unpaired) electrons. The fourth-order valence-corrected chi connectivity index (χ4v) is 2.09. The number of halogens is 1. The number of carboxylic acids is 1. The molecular formula is C13H12ClNO3. The molecule has 0 atom stereocenters. The van der Waals surface area contributed by atoms with Crippen molar-refractivity contribution < 1.29 is 14.4 Å². The number of carbonyl (C=O) groups is 1. The Morgan fingerprint density at radius 1 is 1.50 bits per heavy atom. The molecule has 0 aliphatic carbocycles. The lowest BCUT2D eigenvalue weighted by Crippen LogP contribution is -2.01. The van der Waals surface area contributed by atoms with E-state index in [0.29, 0.717) is 22.9 Å². The minimum absolute atomic E-state index is 0.128. The summed E-state index contributed by atoms with van der Waals surface area (Å²) in [7, 11) is 0. The molecule has 1 N–H and O–H groups in total. The Morgan fingerprint density at radius 2 is 2.22 bits per heavy atom. The maximum absolute atomic E-state index is 11.3. The second-order valence-corrected chi connectivity index (χ2v) is 4.38. The van der Waals surface area contributed by atoms with Gasteiger partial charge in [-0.1, -0.05) is 29.7 Å². The van der Waals surface area contributed by atoms with Crippen LogP contribution in [0.5, 0.6) is 0 Å². The number of hydrogen-bond donors (Lipinski definition) is 1. The van der Waals surface area contributed by atoms with E-state index in [0.717, 1.165) is 11.1 Å². The van der Waals surface area contributed by atoms with Crippen molar-refractivity contribution in [2.24, 2.45) is 0 Å². The first kappa shape index (κ1) is 12.6. The maximum atomic E-state index is 11.3. The average molecular weight is 266 g/mol. The van der Waals surface area contributed by atoms with Crippen molar-refractivity contribution in [3.8, 4) is 11.3 Å². The Morgan fingerprint density at radius 3 is 2.78 bits per heavy atom. The highest BCUT2D eigenvalue weighted by Gasteiger charge is 2.23. The monoisotopic (exact) mass is 265 g/mol. The minimum atomic E-state index is -1.03. The Kier molecular flexibility index (Phi) is 3.39. The van der Waals surface area contributed by atoms with Crippen molar-refractivity contribution in [2.45, 2.75) is 20.3 Å². The summed E-state index contributed by atoms with van der Waals surface area (Å²) in [5, 5.41) is 13.7. The van der Waals surface area contributed by atoms with Crippen molar-refractivity contribution in [3.05, 3.63) is 40.1 Å². The van der Waals surface area contributed by atoms with Crippen LogP contribution in [0.25, 0.3) is 11.3 Å². The van der Waals surface area contributed by atoms with Crippen LogP contribution in [0.2, 0.25) is 5.02 Å². The van der Waals surface area contributed by atoms with E-state index in [-0.39, 0.29) is 5.56 Å². The SMILES string of the molecule is CCc1onc(-c2ccc(Cl)cc2C)c1C(=O)O. The van der Waals surface area contributed by atoms with Gasteiger partial charge in [0.05, 0.1) is 0 Å². The number of rotatable bonds is 3. The molecule has 0 aliphatic heterocycles. The smallest absolute Gasteiger partial charge is 0.341 e. The topological polar surface area (TPSA) is 63.3 Å². The van der Waals surface area contributed by atoms with E-state index in [4.69, 9.17) is 16.1 Å². The van der Waals surface area contributed by atoms with Gasteiger partial charge in [-0.15, -0.1) is 0 Å². The van der Waals surface area contributed by atoms with Gasteiger partial charge in [0.25, 0.3) is 0 Å². The molecule has 2 rings (SSSR count). The molecule has 1 aromatic heterocycles. The predicted octanol–water partition coefficient (Wildman–Crippen LogP) is 3.56. The Labute approximate surface area is 109 Å². The standard InChI is InChI=1S/C13H12ClNO3/c1-3-10-11(13(16)17)12(15-18-10)9-5-4-8(14)6-7(9)2/h4-6H,3H2,1-2H3,(H,16,17). The van der Waals surface area contributed by atoms with E-state index in [1.165, 1.54) is 0 Å². The number of carboxylic acid groups (broad SMARTS) is 1. The van der Waals surface area contributed by atoms with E-state index in [9.17, 15) is 9.90 Å². The zero-order valence-corrected chi connectivity index (χ0v) is 10.8. The largest absolute Gasteiger partial charge is 0.477 e. The summed E-state index contributed by atoms with van der Waals surface area (Å²) in [5.74, 6) is -0.649. The Bertz CT molecular complexity index is 604. The van der Waals surface area contributed by atoms with E-state index in [1.54, 1.807) is 18.2 Å². The third-order valence-corrected chi connectivity index (χ3v) is 2.98. The van der Waals surface area contributed by atoms with Crippen molar-refractivity contribution in [1.82, 2.24) is 5.16 Å². The third kappa shape index (κ3) is 2.11. The highest BCUT2D eigenvalue weighted by atomic mass is 35.5. The lowest BCUT2D eigenvalue weighted by molar-refractivity contribution is 0.0695. The van der Waals surface area contributed by atoms with Gasteiger partial charge in [0.1, 0.15) is 11.3 Å². The molecule has 1 heterocycles. The second-order valence-electron chi connectivity index (χ2n) is 3.95. The molecule has 0 fully saturated rings. The lowest BCUT2D eigenvalue weighted by Gasteiger charge is -2.03. The van der Waals surface area contributed by atoms with Gasteiger partial charge in [0.15, 0.2) is 5.76 Å². The van der Waals surface area contributed by atoms with Crippen LogP contribution < -0.4 is 0 Å². The molecule has 2 aromatic rings. The quantitative estimate of drug-likeness (QED) is 0.921. The van der Waals surface area contributed by atoms with Gasteiger partial charge in [-0.2, -0.15) is 0 Å². The molecule has 0 spiro atoms. The summed E-state index contributed by atoms with van der Waals surface area (Å²) in [6.07, 6.45) is 0.487. The van der Waals surface area contributed by atoms with Crippen LogP contribution in [0.3, 0.4) is 0 Å². The van der Waals surface area contributed by atoms with E-state index >= 15 is 0 Å². The summed E-state index contributed by atoms with van der Waals surface area (Å²) in [6, 6.07) is 5.22. The summed E-state index contributed by atoms with van der Waals surface area (Å²) >= 11 is 5.88. The van der Waals surface area contributed by atoms with E-state index in [1.807, 2.05) is 13.8 Å². The fraction of sp³-hybridized carbons (Fsp3) is 0.231. The van der Waals surface area contributed by atoms with Gasteiger partial charge in [0.2, 0.25) is 0 Å². The summed E-state index contributed by atoms with van der Waals surface area (Å²) in [5.41, 5.74) is 2.07. The number of benzene rings is 1. The molecule has 0 saturated heterocycles. The molecule has 0 saturated carbocycles. The summed E-state index contributed by atoms with van der Waals surface area (Å²) in [4.78, 5) is 11.3. The van der Waals surface area contributed by atoms with Gasteiger partial charge >= 0.3 is 5.97 Å². The van der Waals surface area contributed by atoms with Crippen molar-refractivity contribution in [3.63, 3.8) is 0 Å². The molecule has 0 unspecified atom stereocenters. The third-order valence-electron chi connectivity index (χ3n) is 2.74. The average Bonchev–Trinajstić information content (AvgIpc) is 2.72. The van der Waals surface area contributed by atoms with Crippen molar-refractivity contribution in [2.75, 3.05) is 0 Å². The second kappa shape index (κ2) is 4.82. The predicted molar refractivity (Wildman–Crippen MR) is 68.0 cm³/mol. The first-order valence-corrected chi connectivity index (χ1v) is 5.90. The maximum Gasteiger partial charge on any atom is 0.341 e. The Balaban J connectivity index is 2.64. The van der Waals surface area contributed by atoms with Gasteiger partial charge in [-0.05, 0) is 24.6 Å². The number of hydrogen-bond acceptors (Lipinski definition) is 3. The number of nitrogens with zero attached hydrogens (tertiary/aromatic N) is 1. The zero-order valence-electron chi connectivity index (χ0n) is 10.0. The summed E-state index contributed by atoms with van der Waals surface area (Å²) < 4.78 is 5.08. The van der Waals surface area contributed by atoms with Gasteiger partial charge in [0, 0.05) is 17.0 Å². The van der Waals surface area contributed by atoms with Crippen LogP contribution in [0.4, 0.5) is 0 Å². The molecule has 0 bridgehead atoms. The molecule has 0 aliphatic rings. The van der Waals surface area contributed by atoms with Gasteiger partial charge < -0.3 is 9.63 Å². The lowest BCUT2D eigenvalue weighted by atomic mass is 10.0. The van der Waals surface area contributed by atoms with Crippen LogP contribution in [0.15, 0.2) is 22.7 Å². The van der Waals surface area contributed by atoms with Crippen LogP contribution >= 0.6 is 11.6 Å². The normalized spacial score (nSPS) is 10.6. The number of aromatic nitrogens is 1. The zero-order chi connectivity index (χ0) is 13.3. The number of aryl methyl sites for hydroxylation is 2. The van der Waals surface area contributed by atoms with Crippen molar-refractivity contribution >= 4 is 17.6 Å². The van der Waals surface area contributed by atoms with E-state index < -0.39 is 5.97 Å². The first-order valence-electron chi connectivity index (χ1n) is 5.53. The molecule has 94 valence electrons. The molecule has 4 nitrogen and oxygen atoms in total. The highest BCUT2D eigenvalue weighted by molar-refractivity contribution is 6.30. The molecule has 18 heavy (non-hydrogen) atoms.